The van der Waals surface area contributed by atoms with E-state index in [4.69, 9.17) is 9.47 Å². The van der Waals surface area contributed by atoms with Gasteiger partial charge in [0.2, 0.25) is 12.7 Å². The molecule has 2 aliphatic heterocycles. The van der Waals surface area contributed by atoms with Gasteiger partial charge in [-0.05, 0) is 37.5 Å². The third kappa shape index (κ3) is 3.07. The highest BCUT2D eigenvalue weighted by atomic mass is 16.7. The molecular formula is C18H23N3O5. The Labute approximate surface area is 151 Å². The van der Waals surface area contributed by atoms with Crippen LogP contribution in [0.25, 0.3) is 0 Å². The third-order valence-corrected chi connectivity index (χ3v) is 4.88. The van der Waals surface area contributed by atoms with Crippen LogP contribution >= 0.6 is 0 Å². The lowest BCUT2D eigenvalue weighted by Crippen LogP contribution is -2.45. The molecule has 2 aliphatic rings. The lowest BCUT2D eigenvalue weighted by atomic mass is 9.91. The third-order valence-electron chi connectivity index (χ3n) is 4.88. The van der Waals surface area contributed by atoms with Gasteiger partial charge in [-0.15, -0.1) is 0 Å². The topological polar surface area (TPSA) is 97.0 Å². The van der Waals surface area contributed by atoms with Gasteiger partial charge >= 0.3 is 6.03 Å². The molecule has 1 aromatic rings. The quantitative estimate of drug-likeness (QED) is 0.748. The number of imide groups is 1. The van der Waals surface area contributed by atoms with Crippen molar-refractivity contribution >= 4 is 17.8 Å². The Kier molecular flexibility index (Phi) is 4.76. The average molecular weight is 361 g/mol. The van der Waals surface area contributed by atoms with E-state index < -0.39 is 17.5 Å². The van der Waals surface area contributed by atoms with Crippen LogP contribution in [0, 0.1) is 0 Å². The molecular weight excluding hydrogens is 338 g/mol. The van der Waals surface area contributed by atoms with Crippen molar-refractivity contribution in [2.45, 2.75) is 45.2 Å². The first kappa shape index (κ1) is 18.0. The zero-order valence-corrected chi connectivity index (χ0v) is 15.1. The summed E-state index contributed by atoms with van der Waals surface area (Å²) in [6.07, 6.45) is 1.58. The molecule has 2 heterocycles. The number of hydrogen-bond acceptors (Lipinski definition) is 5. The number of urea groups is 1. The molecule has 0 radical (unpaired) electrons. The lowest BCUT2D eigenvalue weighted by molar-refractivity contribution is -0.135. The van der Waals surface area contributed by atoms with Crippen LogP contribution in [0.1, 0.15) is 39.2 Å². The molecule has 2 N–H and O–H groups in total. The fourth-order valence-corrected chi connectivity index (χ4v) is 3.15. The van der Waals surface area contributed by atoms with Crippen LogP contribution in [-0.4, -0.2) is 42.1 Å². The van der Waals surface area contributed by atoms with E-state index in [1.165, 1.54) is 0 Å². The minimum absolute atomic E-state index is 0.0310. The lowest BCUT2D eigenvalue weighted by Gasteiger charge is -2.22. The van der Waals surface area contributed by atoms with Crippen LogP contribution < -0.4 is 20.1 Å². The fraction of sp³-hybridized carbons (Fsp3) is 0.500. The first-order valence-electron chi connectivity index (χ1n) is 8.72. The molecule has 4 amide bonds. The van der Waals surface area contributed by atoms with Crippen molar-refractivity contribution in [2.75, 3.05) is 13.3 Å². The number of amides is 4. The zero-order valence-electron chi connectivity index (χ0n) is 15.1. The van der Waals surface area contributed by atoms with Crippen LogP contribution in [0.2, 0.25) is 0 Å². The summed E-state index contributed by atoms with van der Waals surface area (Å²) in [5.74, 6) is 0.296. The summed E-state index contributed by atoms with van der Waals surface area (Å²) in [5, 5.41) is 5.52. The largest absolute Gasteiger partial charge is 0.454 e. The predicted octanol–water partition coefficient (Wildman–Crippen LogP) is 1.49. The van der Waals surface area contributed by atoms with Crippen molar-refractivity contribution in [3.63, 3.8) is 0 Å². The summed E-state index contributed by atoms with van der Waals surface area (Å²) in [7, 11) is 0. The van der Waals surface area contributed by atoms with Crippen LogP contribution in [0.5, 0.6) is 11.5 Å². The molecule has 0 aromatic heterocycles. The van der Waals surface area contributed by atoms with Crippen molar-refractivity contribution in [1.29, 1.82) is 0 Å². The standard InChI is InChI=1S/C18H23N3O5/c1-4-12(5-2)19-15(22)9-21-16(23)18(3,20-17(21)24)11-6-7-13-14(8-11)26-10-25-13/h6-8,12H,4-5,9-10H2,1-3H3,(H,19,22)(H,20,24). The number of nitrogens with one attached hydrogen (secondary N) is 2. The van der Waals surface area contributed by atoms with Gasteiger partial charge in [-0.1, -0.05) is 19.9 Å². The highest BCUT2D eigenvalue weighted by Gasteiger charge is 2.49. The van der Waals surface area contributed by atoms with Crippen LogP contribution in [0.3, 0.4) is 0 Å². The van der Waals surface area contributed by atoms with Gasteiger partial charge < -0.3 is 20.1 Å². The number of hydrogen-bond donors (Lipinski definition) is 2. The Bertz CT molecular complexity index is 746. The highest BCUT2D eigenvalue weighted by molar-refractivity contribution is 6.09. The van der Waals surface area contributed by atoms with E-state index in [1.54, 1.807) is 25.1 Å². The summed E-state index contributed by atoms with van der Waals surface area (Å²) in [6.45, 7) is 5.38. The second kappa shape index (κ2) is 6.86. The molecule has 26 heavy (non-hydrogen) atoms. The predicted molar refractivity (Wildman–Crippen MR) is 92.7 cm³/mol. The summed E-state index contributed by atoms with van der Waals surface area (Å²) in [4.78, 5) is 38.4. The number of nitrogens with zero attached hydrogens (tertiary/aromatic N) is 1. The van der Waals surface area contributed by atoms with Crippen molar-refractivity contribution in [1.82, 2.24) is 15.5 Å². The van der Waals surface area contributed by atoms with Gasteiger partial charge in [-0.3, -0.25) is 14.5 Å². The number of rotatable bonds is 6. The van der Waals surface area contributed by atoms with E-state index in [0.29, 0.717) is 17.1 Å². The molecule has 3 rings (SSSR count). The van der Waals surface area contributed by atoms with E-state index in [2.05, 4.69) is 10.6 Å². The van der Waals surface area contributed by atoms with Gasteiger partial charge in [0.15, 0.2) is 11.5 Å². The second-order valence-corrected chi connectivity index (χ2v) is 6.60. The van der Waals surface area contributed by atoms with E-state index in [0.717, 1.165) is 17.7 Å². The fourth-order valence-electron chi connectivity index (χ4n) is 3.15. The maximum Gasteiger partial charge on any atom is 0.325 e. The molecule has 0 bridgehead atoms. The maximum atomic E-state index is 12.9. The number of carbonyl (C=O) groups excluding carboxylic acids is 3. The number of fused-ring (bicyclic) bond motifs is 1. The van der Waals surface area contributed by atoms with E-state index in [-0.39, 0.29) is 25.3 Å². The Balaban J connectivity index is 1.76. The molecule has 0 aliphatic carbocycles. The minimum atomic E-state index is -1.26. The van der Waals surface area contributed by atoms with Crippen LogP contribution in [0.4, 0.5) is 4.79 Å². The first-order chi connectivity index (χ1) is 12.4. The molecule has 8 heteroatoms. The van der Waals surface area contributed by atoms with Gasteiger partial charge in [0.25, 0.3) is 5.91 Å². The highest BCUT2D eigenvalue weighted by Crippen LogP contribution is 2.37. The van der Waals surface area contributed by atoms with E-state index >= 15 is 0 Å². The number of carbonyl (C=O) groups is 3. The smallest absolute Gasteiger partial charge is 0.325 e. The molecule has 140 valence electrons. The van der Waals surface area contributed by atoms with Crippen molar-refractivity contribution < 1.29 is 23.9 Å². The number of ether oxygens (including phenoxy) is 2. The second-order valence-electron chi connectivity index (χ2n) is 6.60. The summed E-state index contributed by atoms with van der Waals surface area (Å²) < 4.78 is 10.6. The first-order valence-corrected chi connectivity index (χ1v) is 8.72. The molecule has 1 unspecified atom stereocenters. The summed E-state index contributed by atoms with van der Waals surface area (Å²) in [6, 6.07) is 4.52. The molecule has 8 nitrogen and oxygen atoms in total. The summed E-state index contributed by atoms with van der Waals surface area (Å²) in [5.41, 5.74) is -0.684. The maximum absolute atomic E-state index is 12.9. The SMILES string of the molecule is CCC(CC)NC(=O)CN1C(=O)NC(C)(c2ccc3c(c2)OCO3)C1=O. The summed E-state index contributed by atoms with van der Waals surface area (Å²) >= 11 is 0. The Morgan fingerprint density at radius 2 is 1.96 bits per heavy atom. The molecule has 1 fully saturated rings. The van der Waals surface area contributed by atoms with Gasteiger partial charge in [-0.2, -0.15) is 0 Å². The van der Waals surface area contributed by atoms with Crippen molar-refractivity contribution in [3.8, 4) is 11.5 Å². The Morgan fingerprint density at radius 1 is 1.27 bits per heavy atom. The monoisotopic (exact) mass is 361 g/mol. The zero-order chi connectivity index (χ0) is 18.9. The Morgan fingerprint density at radius 3 is 2.65 bits per heavy atom. The van der Waals surface area contributed by atoms with Gasteiger partial charge in [-0.25, -0.2) is 4.79 Å². The minimum Gasteiger partial charge on any atom is -0.454 e. The van der Waals surface area contributed by atoms with E-state index in [1.807, 2.05) is 13.8 Å². The molecule has 0 saturated carbocycles. The van der Waals surface area contributed by atoms with Gasteiger partial charge in [0.1, 0.15) is 12.1 Å². The van der Waals surface area contributed by atoms with Crippen molar-refractivity contribution in [3.05, 3.63) is 23.8 Å². The number of benzene rings is 1. The molecule has 1 aromatic carbocycles. The Hall–Kier alpha value is -2.77. The van der Waals surface area contributed by atoms with Crippen LogP contribution in [-0.2, 0) is 15.1 Å². The van der Waals surface area contributed by atoms with E-state index in [9.17, 15) is 14.4 Å². The molecule has 1 atom stereocenters. The van der Waals surface area contributed by atoms with Crippen molar-refractivity contribution in [2.24, 2.45) is 0 Å². The van der Waals surface area contributed by atoms with Crippen LogP contribution in [0.15, 0.2) is 18.2 Å². The average Bonchev–Trinajstić information content (AvgIpc) is 3.18. The van der Waals surface area contributed by atoms with Gasteiger partial charge in [0.05, 0.1) is 0 Å². The normalized spacial score (nSPS) is 21.3. The van der Waals surface area contributed by atoms with Gasteiger partial charge in [0, 0.05) is 6.04 Å². The molecule has 0 spiro atoms. The molecule has 1 saturated heterocycles.